The highest BCUT2D eigenvalue weighted by Gasteiger charge is 2.51. The molecule has 1 aliphatic heterocycles. The summed E-state index contributed by atoms with van der Waals surface area (Å²) in [7, 11) is -0.576. The SMILES string of the molecule is CC1(C)OB(c2ccc(OCc3ccccc3)c(F)c2)OC1(C)C. The Hall–Kier alpha value is -1.85. The van der Waals surface area contributed by atoms with Gasteiger partial charge in [-0.05, 0) is 50.9 Å². The third-order valence-corrected chi connectivity index (χ3v) is 4.72. The molecular weight excluding hydrogens is 306 g/mol. The molecule has 24 heavy (non-hydrogen) atoms. The number of hydrogen-bond donors (Lipinski definition) is 0. The van der Waals surface area contributed by atoms with E-state index < -0.39 is 24.1 Å². The van der Waals surface area contributed by atoms with Gasteiger partial charge in [0.2, 0.25) is 0 Å². The summed E-state index contributed by atoms with van der Waals surface area (Å²) >= 11 is 0. The van der Waals surface area contributed by atoms with Crippen LogP contribution >= 0.6 is 0 Å². The Labute approximate surface area is 142 Å². The minimum atomic E-state index is -0.576. The Kier molecular flexibility index (Phi) is 4.41. The van der Waals surface area contributed by atoms with Crippen molar-refractivity contribution in [3.05, 3.63) is 59.9 Å². The van der Waals surface area contributed by atoms with Crippen LogP contribution < -0.4 is 10.2 Å². The maximum absolute atomic E-state index is 14.4. The molecule has 0 unspecified atom stereocenters. The molecule has 0 N–H and O–H groups in total. The van der Waals surface area contributed by atoms with Crippen molar-refractivity contribution in [2.45, 2.75) is 45.5 Å². The van der Waals surface area contributed by atoms with Crippen molar-refractivity contribution in [2.75, 3.05) is 0 Å². The van der Waals surface area contributed by atoms with Crippen molar-refractivity contribution in [1.29, 1.82) is 0 Å². The van der Waals surface area contributed by atoms with E-state index in [1.165, 1.54) is 6.07 Å². The third kappa shape index (κ3) is 3.33. The van der Waals surface area contributed by atoms with Gasteiger partial charge in [0.1, 0.15) is 6.61 Å². The van der Waals surface area contributed by atoms with Gasteiger partial charge >= 0.3 is 7.12 Å². The molecule has 126 valence electrons. The summed E-state index contributed by atoms with van der Waals surface area (Å²) in [5.41, 5.74) is 0.748. The molecule has 0 spiro atoms. The smallest absolute Gasteiger partial charge is 0.486 e. The van der Waals surface area contributed by atoms with E-state index >= 15 is 0 Å². The molecule has 0 radical (unpaired) electrons. The fourth-order valence-corrected chi connectivity index (χ4v) is 2.50. The molecule has 1 aliphatic rings. The van der Waals surface area contributed by atoms with Crippen LogP contribution in [-0.2, 0) is 15.9 Å². The van der Waals surface area contributed by atoms with Crippen LogP contribution in [0.2, 0.25) is 0 Å². The zero-order valence-electron chi connectivity index (χ0n) is 14.5. The molecule has 3 rings (SSSR count). The summed E-state index contributed by atoms with van der Waals surface area (Å²) in [6.45, 7) is 8.22. The second-order valence-corrected chi connectivity index (χ2v) is 7.05. The van der Waals surface area contributed by atoms with Gasteiger partial charge in [-0.25, -0.2) is 4.39 Å². The number of hydrogen-bond acceptors (Lipinski definition) is 3. The molecule has 0 saturated carbocycles. The standard InChI is InChI=1S/C19H22BFO3/c1-18(2)19(3,4)24-20(23-18)15-10-11-17(16(21)12-15)22-13-14-8-6-5-7-9-14/h5-12H,13H2,1-4H3. The predicted molar refractivity (Wildman–Crippen MR) is 92.9 cm³/mol. The van der Waals surface area contributed by atoms with Crippen LogP contribution in [0.5, 0.6) is 5.75 Å². The van der Waals surface area contributed by atoms with Crippen LogP contribution in [0.15, 0.2) is 48.5 Å². The van der Waals surface area contributed by atoms with E-state index in [0.29, 0.717) is 12.1 Å². The largest absolute Gasteiger partial charge is 0.494 e. The van der Waals surface area contributed by atoms with Gasteiger partial charge in [0.05, 0.1) is 11.2 Å². The number of benzene rings is 2. The highest BCUT2D eigenvalue weighted by molar-refractivity contribution is 6.62. The molecule has 1 heterocycles. The Morgan fingerprint density at radius 3 is 2.17 bits per heavy atom. The average molecular weight is 328 g/mol. The zero-order valence-corrected chi connectivity index (χ0v) is 14.5. The molecule has 3 nitrogen and oxygen atoms in total. The summed E-state index contributed by atoms with van der Waals surface area (Å²) in [6, 6.07) is 14.5. The molecular formula is C19H22BFO3. The Bertz CT molecular complexity index is 700. The van der Waals surface area contributed by atoms with Crippen LogP contribution in [0.4, 0.5) is 4.39 Å². The highest BCUT2D eigenvalue weighted by atomic mass is 19.1. The van der Waals surface area contributed by atoms with Crippen molar-refractivity contribution in [3.8, 4) is 5.75 Å². The maximum atomic E-state index is 14.4. The van der Waals surface area contributed by atoms with E-state index in [1.54, 1.807) is 12.1 Å². The second kappa shape index (κ2) is 6.23. The zero-order chi connectivity index (χ0) is 17.4. The quantitative estimate of drug-likeness (QED) is 0.801. The predicted octanol–water partition coefficient (Wildman–Crippen LogP) is 3.70. The van der Waals surface area contributed by atoms with Gasteiger partial charge < -0.3 is 14.0 Å². The summed E-state index contributed by atoms with van der Waals surface area (Å²) in [5.74, 6) is -0.197. The van der Waals surface area contributed by atoms with Crippen LogP contribution in [0, 0.1) is 5.82 Å². The molecule has 2 aromatic carbocycles. The van der Waals surface area contributed by atoms with Crippen molar-refractivity contribution >= 4 is 12.6 Å². The van der Waals surface area contributed by atoms with Gasteiger partial charge in [0.25, 0.3) is 0 Å². The Morgan fingerprint density at radius 2 is 1.58 bits per heavy atom. The van der Waals surface area contributed by atoms with Crippen LogP contribution in [0.25, 0.3) is 0 Å². The molecule has 0 aromatic heterocycles. The topological polar surface area (TPSA) is 27.7 Å². The lowest BCUT2D eigenvalue weighted by Crippen LogP contribution is -2.41. The van der Waals surface area contributed by atoms with Crippen LogP contribution in [0.1, 0.15) is 33.3 Å². The first-order valence-corrected chi connectivity index (χ1v) is 8.10. The van der Waals surface area contributed by atoms with Gasteiger partial charge in [0, 0.05) is 0 Å². The normalized spacial score (nSPS) is 18.6. The summed E-state index contributed by atoms with van der Waals surface area (Å²) in [6.07, 6.45) is 0. The summed E-state index contributed by atoms with van der Waals surface area (Å²) in [5, 5.41) is 0. The molecule has 0 bridgehead atoms. The summed E-state index contributed by atoms with van der Waals surface area (Å²) in [4.78, 5) is 0. The van der Waals surface area contributed by atoms with E-state index in [-0.39, 0.29) is 5.75 Å². The van der Waals surface area contributed by atoms with E-state index in [4.69, 9.17) is 14.0 Å². The fraction of sp³-hybridized carbons (Fsp3) is 0.368. The van der Waals surface area contributed by atoms with E-state index in [2.05, 4.69) is 0 Å². The minimum Gasteiger partial charge on any atom is -0.486 e. The summed E-state index contributed by atoms with van der Waals surface area (Å²) < 4.78 is 31.8. The van der Waals surface area contributed by atoms with E-state index in [1.807, 2.05) is 58.0 Å². The van der Waals surface area contributed by atoms with Crippen molar-refractivity contribution in [2.24, 2.45) is 0 Å². The lowest BCUT2D eigenvalue weighted by atomic mass is 9.79. The molecule has 5 heteroatoms. The van der Waals surface area contributed by atoms with Gasteiger partial charge in [-0.15, -0.1) is 0 Å². The molecule has 1 saturated heterocycles. The van der Waals surface area contributed by atoms with Crippen molar-refractivity contribution < 1.29 is 18.4 Å². The first kappa shape index (κ1) is 17.0. The van der Waals surface area contributed by atoms with E-state index in [9.17, 15) is 4.39 Å². The third-order valence-electron chi connectivity index (χ3n) is 4.72. The molecule has 0 amide bonds. The number of rotatable bonds is 4. The van der Waals surface area contributed by atoms with Crippen molar-refractivity contribution in [3.63, 3.8) is 0 Å². The van der Waals surface area contributed by atoms with Gasteiger partial charge in [-0.3, -0.25) is 0 Å². The molecule has 1 fully saturated rings. The Morgan fingerprint density at radius 1 is 0.958 bits per heavy atom. The van der Waals surface area contributed by atoms with E-state index in [0.717, 1.165) is 5.56 Å². The van der Waals surface area contributed by atoms with Gasteiger partial charge in [0.15, 0.2) is 11.6 Å². The highest BCUT2D eigenvalue weighted by Crippen LogP contribution is 2.36. The lowest BCUT2D eigenvalue weighted by Gasteiger charge is -2.32. The van der Waals surface area contributed by atoms with Gasteiger partial charge in [-0.1, -0.05) is 36.4 Å². The molecule has 2 aromatic rings. The molecule has 0 aliphatic carbocycles. The first-order valence-electron chi connectivity index (χ1n) is 8.10. The second-order valence-electron chi connectivity index (χ2n) is 7.05. The van der Waals surface area contributed by atoms with Crippen molar-refractivity contribution in [1.82, 2.24) is 0 Å². The van der Waals surface area contributed by atoms with Crippen LogP contribution in [-0.4, -0.2) is 18.3 Å². The maximum Gasteiger partial charge on any atom is 0.494 e. The fourth-order valence-electron chi connectivity index (χ4n) is 2.50. The monoisotopic (exact) mass is 328 g/mol. The molecule has 0 atom stereocenters. The minimum absolute atomic E-state index is 0.221. The lowest BCUT2D eigenvalue weighted by molar-refractivity contribution is 0.00578. The number of halogens is 1. The number of ether oxygens (including phenoxy) is 1. The van der Waals surface area contributed by atoms with Crippen LogP contribution in [0.3, 0.4) is 0 Å². The first-order chi connectivity index (χ1) is 11.3. The Balaban J connectivity index is 1.71. The average Bonchev–Trinajstić information content (AvgIpc) is 2.75. The van der Waals surface area contributed by atoms with Gasteiger partial charge in [-0.2, -0.15) is 0 Å².